The van der Waals surface area contributed by atoms with Crippen LogP contribution in [0.1, 0.15) is 32.6 Å². The highest BCUT2D eigenvalue weighted by Crippen LogP contribution is 2.31. The summed E-state index contributed by atoms with van der Waals surface area (Å²) in [6, 6.07) is 0. The Labute approximate surface area is 96.8 Å². The minimum atomic E-state index is -0.662. The third-order valence-corrected chi connectivity index (χ3v) is 3.81. The van der Waals surface area contributed by atoms with Crippen molar-refractivity contribution in [1.82, 2.24) is 10.6 Å². The summed E-state index contributed by atoms with van der Waals surface area (Å²) >= 11 is 0. The number of hydrogen-bond acceptors (Lipinski definition) is 3. The van der Waals surface area contributed by atoms with Gasteiger partial charge < -0.3 is 15.7 Å². The summed E-state index contributed by atoms with van der Waals surface area (Å²) in [7, 11) is 0. The van der Waals surface area contributed by atoms with Crippen LogP contribution in [0, 0.1) is 11.8 Å². The van der Waals surface area contributed by atoms with E-state index in [0.717, 1.165) is 32.4 Å². The predicted molar refractivity (Wildman–Crippen MR) is 62.0 cm³/mol. The van der Waals surface area contributed by atoms with Crippen LogP contribution in [0.5, 0.6) is 0 Å². The third kappa shape index (κ3) is 2.74. The zero-order valence-electron chi connectivity index (χ0n) is 9.96. The first-order valence-electron chi connectivity index (χ1n) is 6.30. The van der Waals surface area contributed by atoms with Crippen molar-refractivity contribution in [2.45, 2.75) is 38.2 Å². The molecule has 0 radical (unpaired) electrons. The van der Waals surface area contributed by atoms with Gasteiger partial charge in [0, 0.05) is 19.6 Å². The monoisotopic (exact) mass is 226 g/mol. The van der Waals surface area contributed by atoms with Crippen LogP contribution >= 0.6 is 0 Å². The van der Waals surface area contributed by atoms with Gasteiger partial charge in [-0.05, 0) is 18.8 Å². The molecule has 2 aliphatic rings. The Balaban J connectivity index is 1.77. The number of carbonyl (C=O) groups is 1. The molecule has 1 aliphatic heterocycles. The SMILES string of the molecule is CC1CCCC(O)(CNC(=O)C2CNC2)C1. The summed E-state index contributed by atoms with van der Waals surface area (Å²) in [5, 5.41) is 16.3. The number of carbonyl (C=O) groups excluding carboxylic acids is 1. The molecule has 4 nitrogen and oxygen atoms in total. The Morgan fingerprint density at radius 3 is 2.88 bits per heavy atom. The lowest BCUT2D eigenvalue weighted by Gasteiger charge is -2.36. The maximum atomic E-state index is 11.6. The third-order valence-electron chi connectivity index (χ3n) is 3.81. The summed E-state index contributed by atoms with van der Waals surface area (Å²) < 4.78 is 0. The highest BCUT2D eigenvalue weighted by Gasteiger charge is 2.34. The molecular weight excluding hydrogens is 204 g/mol. The molecule has 0 aromatic heterocycles. The molecule has 0 aromatic rings. The quantitative estimate of drug-likeness (QED) is 0.647. The van der Waals surface area contributed by atoms with Gasteiger partial charge in [0.25, 0.3) is 0 Å². The molecule has 92 valence electrons. The van der Waals surface area contributed by atoms with E-state index in [2.05, 4.69) is 17.6 Å². The van der Waals surface area contributed by atoms with Gasteiger partial charge in [0.15, 0.2) is 0 Å². The summed E-state index contributed by atoms with van der Waals surface area (Å²) in [5.74, 6) is 0.774. The standard InChI is InChI=1S/C12H22N2O2/c1-9-3-2-4-12(16,5-9)8-14-11(15)10-6-13-7-10/h9-10,13,16H,2-8H2,1H3,(H,14,15). The Morgan fingerprint density at radius 2 is 2.31 bits per heavy atom. The van der Waals surface area contributed by atoms with Crippen LogP contribution in [-0.2, 0) is 4.79 Å². The van der Waals surface area contributed by atoms with Crippen molar-refractivity contribution in [1.29, 1.82) is 0 Å². The lowest BCUT2D eigenvalue weighted by atomic mass is 9.79. The van der Waals surface area contributed by atoms with Gasteiger partial charge in [-0.1, -0.05) is 19.8 Å². The first-order chi connectivity index (χ1) is 7.59. The molecule has 0 spiro atoms. The van der Waals surface area contributed by atoms with Crippen molar-refractivity contribution in [3.8, 4) is 0 Å². The van der Waals surface area contributed by atoms with E-state index in [-0.39, 0.29) is 11.8 Å². The van der Waals surface area contributed by atoms with Gasteiger partial charge in [0.2, 0.25) is 5.91 Å². The van der Waals surface area contributed by atoms with Crippen LogP contribution in [0.4, 0.5) is 0 Å². The smallest absolute Gasteiger partial charge is 0.225 e. The van der Waals surface area contributed by atoms with E-state index in [9.17, 15) is 9.90 Å². The first kappa shape index (κ1) is 11.9. The second-order valence-electron chi connectivity index (χ2n) is 5.50. The summed E-state index contributed by atoms with van der Waals surface area (Å²) in [4.78, 5) is 11.6. The molecule has 16 heavy (non-hydrogen) atoms. The molecule has 1 saturated heterocycles. The average molecular weight is 226 g/mol. The molecule has 1 aliphatic carbocycles. The Morgan fingerprint density at radius 1 is 1.56 bits per heavy atom. The second-order valence-corrected chi connectivity index (χ2v) is 5.50. The van der Waals surface area contributed by atoms with Crippen molar-refractivity contribution in [2.24, 2.45) is 11.8 Å². The fourth-order valence-corrected chi connectivity index (χ4v) is 2.66. The molecule has 2 atom stereocenters. The maximum Gasteiger partial charge on any atom is 0.225 e. The summed E-state index contributed by atoms with van der Waals surface area (Å²) in [5.41, 5.74) is -0.662. The van der Waals surface area contributed by atoms with Crippen molar-refractivity contribution >= 4 is 5.91 Å². The number of nitrogens with one attached hydrogen (secondary N) is 2. The van der Waals surface area contributed by atoms with Gasteiger partial charge in [-0.25, -0.2) is 0 Å². The molecule has 2 fully saturated rings. The minimum absolute atomic E-state index is 0.0883. The van der Waals surface area contributed by atoms with Crippen LogP contribution in [0.15, 0.2) is 0 Å². The van der Waals surface area contributed by atoms with E-state index >= 15 is 0 Å². The maximum absolute atomic E-state index is 11.6. The van der Waals surface area contributed by atoms with E-state index in [0.29, 0.717) is 12.5 Å². The average Bonchev–Trinajstić information content (AvgIpc) is 2.12. The number of hydrogen-bond donors (Lipinski definition) is 3. The van der Waals surface area contributed by atoms with Gasteiger partial charge >= 0.3 is 0 Å². The van der Waals surface area contributed by atoms with Crippen LogP contribution in [0.25, 0.3) is 0 Å². The van der Waals surface area contributed by atoms with Gasteiger partial charge in [-0.2, -0.15) is 0 Å². The summed E-state index contributed by atoms with van der Waals surface area (Å²) in [6.45, 7) is 4.15. The highest BCUT2D eigenvalue weighted by atomic mass is 16.3. The molecule has 1 saturated carbocycles. The number of aliphatic hydroxyl groups is 1. The van der Waals surface area contributed by atoms with E-state index < -0.39 is 5.60 Å². The first-order valence-corrected chi connectivity index (χ1v) is 6.30. The molecular formula is C12H22N2O2. The molecule has 2 rings (SSSR count). The van der Waals surface area contributed by atoms with E-state index in [1.807, 2.05) is 0 Å². The van der Waals surface area contributed by atoms with E-state index in [1.54, 1.807) is 0 Å². The molecule has 0 aromatic carbocycles. The largest absolute Gasteiger partial charge is 0.388 e. The molecule has 2 unspecified atom stereocenters. The van der Waals surface area contributed by atoms with Crippen LogP contribution in [-0.4, -0.2) is 36.2 Å². The minimum Gasteiger partial charge on any atom is -0.388 e. The highest BCUT2D eigenvalue weighted by molar-refractivity contribution is 5.80. The number of rotatable bonds is 3. The van der Waals surface area contributed by atoms with Crippen LogP contribution in [0.2, 0.25) is 0 Å². The molecule has 3 N–H and O–H groups in total. The molecule has 0 bridgehead atoms. The van der Waals surface area contributed by atoms with Crippen molar-refractivity contribution in [2.75, 3.05) is 19.6 Å². The zero-order chi connectivity index (χ0) is 11.6. The Bertz CT molecular complexity index is 266. The predicted octanol–water partition coefficient (Wildman–Crippen LogP) is 0.263. The summed E-state index contributed by atoms with van der Waals surface area (Å²) in [6.07, 6.45) is 3.90. The van der Waals surface area contributed by atoms with E-state index in [1.165, 1.54) is 6.42 Å². The fraction of sp³-hybridized carbons (Fsp3) is 0.917. The Kier molecular flexibility index (Phi) is 3.50. The van der Waals surface area contributed by atoms with Crippen molar-refractivity contribution in [3.63, 3.8) is 0 Å². The topological polar surface area (TPSA) is 61.4 Å². The van der Waals surface area contributed by atoms with E-state index in [4.69, 9.17) is 0 Å². The normalized spacial score (nSPS) is 35.5. The lowest BCUT2D eigenvalue weighted by Crippen LogP contribution is -2.54. The molecule has 1 amide bonds. The zero-order valence-corrected chi connectivity index (χ0v) is 9.96. The molecule has 1 heterocycles. The van der Waals surface area contributed by atoms with Crippen molar-refractivity contribution in [3.05, 3.63) is 0 Å². The van der Waals surface area contributed by atoms with Gasteiger partial charge in [-0.3, -0.25) is 4.79 Å². The van der Waals surface area contributed by atoms with Crippen LogP contribution < -0.4 is 10.6 Å². The fourth-order valence-electron chi connectivity index (χ4n) is 2.66. The Hall–Kier alpha value is -0.610. The van der Waals surface area contributed by atoms with Gasteiger partial charge in [0.05, 0.1) is 11.5 Å². The second kappa shape index (κ2) is 4.72. The van der Waals surface area contributed by atoms with Gasteiger partial charge in [0.1, 0.15) is 0 Å². The molecule has 4 heteroatoms. The number of amides is 1. The van der Waals surface area contributed by atoms with Gasteiger partial charge in [-0.15, -0.1) is 0 Å². The van der Waals surface area contributed by atoms with Crippen LogP contribution in [0.3, 0.4) is 0 Å². The van der Waals surface area contributed by atoms with Crippen molar-refractivity contribution < 1.29 is 9.90 Å². The lowest BCUT2D eigenvalue weighted by molar-refractivity contribution is -0.128.